The lowest BCUT2D eigenvalue weighted by molar-refractivity contribution is 0.717. The van der Waals surface area contributed by atoms with E-state index < -0.39 is 0 Å². The fourth-order valence-electron chi connectivity index (χ4n) is 3.28. The van der Waals surface area contributed by atoms with Gasteiger partial charge in [0.25, 0.3) is 0 Å². The third-order valence-electron chi connectivity index (χ3n) is 4.54. The van der Waals surface area contributed by atoms with Gasteiger partial charge in [-0.05, 0) is 42.7 Å². The van der Waals surface area contributed by atoms with Crippen molar-refractivity contribution in [3.63, 3.8) is 0 Å². The van der Waals surface area contributed by atoms with Crippen LogP contribution >= 0.6 is 0 Å². The molecule has 1 aliphatic rings. The minimum atomic E-state index is 0.619. The molecule has 0 unspecified atom stereocenters. The molecule has 0 spiro atoms. The molecule has 5 heteroatoms. The molecule has 1 aliphatic heterocycles. The number of fused-ring (bicyclic) bond motifs is 1. The van der Waals surface area contributed by atoms with Crippen molar-refractivity contribution in [2.45, 2.75) is 19.9 Å². The van der Waals surface area contributed by atoms with Gasteiger partial charge in [0.1, 0.15) is 17.5 Å². The summed E-state index contributed by atoms with van der Waals surface area (Å²) >= 11 is 0. The predicted octanol–water partition coefficient (Wildman–Crippen LogP) is 3.96. The first-order valence-electron chi connectivity index (χ1n) is 8.66. The van der Waals surface area contributed by atoms with Crippen LogP contribution < -0.4 is 10.2 Å². The quantitative estimate of drug-likeness (QED) is 0.781. The van der Waals surface area contributed by atoms with E-state index in [0.29, 0.717) is 5.56 Å². The Hall–Kier alpha value is -3.39. The van der Waals surface area contributed by atoms with Crippen LogP contribution in [-0.4, -0.2) is 16.5 Å². The lowest BCUT2D eigenvalue weighted by Gasteiger charge is -2.30. The molecule has 0 atom stereocenters. The van der Waals surface area contributed by atoms with Crippen molar-refractivity contribution in [3.05, 3.63) is 77.1 Å². The molecular formula is C21H19N5. The summed E-state index contributed by atoms with van der Waals surface area (Å²) in [5.74, 6) is 2.38. The van der Waals surface area contributed by atoms with Gasteiger partial charge >= 0.3 is 0 Å². The molecule has 0 amide bonds. The van der Waals surface area contributed by atoms with Gasteiger partial charge in [-0.15, -0.1) is 0 Å². The number of nitriles is 1. The number of anilines is 3. The number of aryl methyl sites for hydroxylation is 1. The first-order chi connectivity index (χ1) is 12.7. The van der Waals surface area contributed by atoms with Crippen LogP contribution in [0.4, 0.5) is 17.3 Å². The summed E-state index contributed by atoms with van der Waals surface area (Å²) in [7, 11) is 0. The summed E-state index contributed by atoms with van der Waals surface area (Å²) in [4.78, 5) is 11.4. The molecule has 4 rings (SSSR count). The molecule has 3 aromatic rings. The molecule has 0 radical (unpaired) electrons. The fourth-order valence-corrected chi connectivity index (χ4v) is 3.28. The van der Waals surface area contributed by atoms with Crippen molar-refractivity contribution in [2.24, 2.45) is 0 Å². The summed E-state index contributed by atoms with van der Waals surface area (Å²) < 4.78 is 0. The predicted molar refractivity (Wildman–Crippen MR) is 102 cm³/mol. The highest BCUT2D eigenvalue weighted by molar-refractivity contribution is 5.61. The van der Waals surface area contributed by atoms with Gasteiger partial charge in [0.15, 0.2) is 0 Å². The zero-order valence-electron chi connectivity index (χ0n) is 14.6. The van der Waals surface area contributed by atoms with Crippen molar-refractivity contribution in [2.75, 3.05) is 16.8 Å². The molecule has 0 bridgehead atoms. The number of benzene rings is 2. The Kier molecular flexibility index (Phi) is 4.24. The summed E-state index contributed by atoms with van der Waals surface area (Å²) in [5, 5.41) is 12.3. The maximum absolute atomic E-state index is 9.06. The second kappa shape index (κ2) is 6.85. The van der Waals surface area contributed by atoms with Crippen LogP contribution in [0, 0.1) is 18.3 Å². The van der Waals surface area contributed by atoms with E-state index in [4.69, 9.17) is 5.26 Å². The van der Waals surface area contributed by atoms with E-state index in [1.165, 1.54) is 11.1 Å². The average Bonchev–Trinajstić information content (AvgIpc) is 2.67. The van der Waals surface area contributed by atoms with Crippen molar-refractivity contribution in [3.8, 4) is 6.07 Å². The second-order valence-electron chi connectivity index (χ2n) is 6.42. The zero-order valence-corrected chi connectivity index (χ0v) is 14.6. The summed E-state index contributed by atoms with van der Waals surface area (Å²) in [6, 6.07) is 20.1. The molecular weight excluding hydrogens is 322 g/mol. The number of nitrogens with one attached hydrogen (secondary N) is 1. The van der Waals surface area contributed by atoms with E-state index in [-0.39, 0.29) is 0 Å². The third kappa shape index (κ3) is 3.35. The highest BCUT2D eigenvalue weighted by atomic mass is 15.2. The highest BCUT2D eigenvalue weighted by Crippen LogP contribution is 2.25. The molecule has 0 saturated carbocycles. The Morgan fingerprint density at radius 1 is 1.04 bits per heavy atom. The van der Waals surface area contributed by atoms with Crippen LogP contribution in [0.1, 0.15) is 22.5 Å². The lowest BCUT2D eigenvalue weighted by Crippen LogP contribution is -2.31. The van der Waals surface area contributed by atoms with E-state index in [1.807, 2.05) is 31.2 Å². The molecule has 0 fully saturated rings. The van der Waals surface area contributed by atoms with Crippen molar-refractivity contribution >= 4 is 17.3 Å². The number of hydrogen-bond donors (Lipinski definition) is 1. The van der Waals surface area contributed by atoms with Crippen LogP contribution in [-0.2, 0) is 13.0 Å². The maximum Gasteiger partial charge on any atom is 0.136 e. The van der Waals surface area contributed by atoms with Crippen LogP contribution in [0.3, 0.4) is 0 Å². The second-order valence-corrected chi connectivity index (χ2v) is 6.42. The Balaban J connectivity index is 1.60. The number of rotatable bonds is 3. The molecule has 26 heavy (non-hydrogen) atoms. The van der Waals surface area contributed by atoms with Crippen LogP contribution in [0.25, 0.3) is 0 Å². The van der Waals surface area contributed by atoms with E-state index in [0.717, 1.165) is 42.7 Å². The standard InChI is InChI=1S/C21H19N5/c1-15-23-20(25-19-8-4-5-16(11-19)13-22)12-21(24-15)26-10-9-17-6-2-3-7-18(17)14-26/h2-8,11-12H,9-10,14H2,1H3,(H,23,24,25). The van der Waals surface area contributed by atoms with Crippen molar-refractivity contribution < 1.29 is 0 Å². The summed E-state index contributed by atoms with van der Waals surface area (Å²) in [6.07, 6.45) is 1.02. The van der Waals surface area contributed by atoms with E-state index >= 15 is 0 Å². The van der Waals surface area contributed by atoms with Gasteiger partial charge in [-0.3, -0.25) is 0 Å². The zero-order chi connectivity index (χ0) is 17.9. The molecule has 1 aromatic heterocycles. The van der Waals surface area contributed by atoms with Gasteiger partial charge in [0.05, 0.1) is 11.6 Å². The van der Waals surface area contributed by atoms with Gasteiger partial charge in [-0.1, -0.05) is 30.3 Å². The molecule has 2 heterocycles. The minimum absolute atomic E-state index is 0.619. The Bertz CT molecular complexity index is 990. The number of hydrogen-bond acceptors (Lipinski definition) is 5. The van der Waals surface area contributed by atoms with E-state index in [9.17, 15) is 0 Å². The SMILES string of the molecule is Cc1nc(Nc2cccc(C#N)c2)cc(N2CCc3ccccc3C2)n1. The van der Waals surface area contributed by atoms with Gasteiger partial charge in [0.2, 0.25) is 0 Å². The van der Waals surface area contributed by atoms with Crippen LogP contribution in [0.2, 0.25) is 0 Å². The Morgan fingerprint density at radius 3 is 2.73 bits per heavy atom. The lowest BCUT2D eigenvalue weighted by atomic mass is 10.00. The molecule has 0 saturated heterocycles. The number of nitrogens with zero attached hydrogens (tertiary/aromatic N) is 4. The molecule has 128 valence electrons. The topological polar surface area (TPSA) is 64.8 Å². The van der Waals surface area contributed by atoms with Gasteiger partial charge in [-0.2, -0.15) is 5.26 Å². The van der Waals surface area contributed by atoms with Gasteiger partial charge < -0.3 is 10.2 Å². The first kappa shape index (κ1) is 16.1. The first-order valence-corrected chi connectivity index (χ1v) is 8.66. The minimum Gasteiger partial charge on any atom is -0.352 e. The molecule has 0 aliphatic carbocycles. The monoisotopic (exact) mass is 341 g/mol. The summed E-state index contributed by atoms with van der Waals surface area (Å²) in [6.45, 7) is 3.70. The smallest absolute Gasteiger partial charge is 0.136 e. The summed E-state index contributed by atoms with van der Waals surface area (Å²) in [5.41, 5.74) is 4.23. The molecule has 5 nitrogen and oxygen atoms in total. The molecule has 2 aromatic carbocycles. The highest BCUT2D eigenvalue weighted by Gasteiger charge is 2.18. The normalized spacial score (nSPS) is 13.0. The van der Waals surface area contributed by atoms with Crippen molar-refractivity contribution in [1.29, 1.82) is 5.26 Å². The fraction of sp³-hybridized carbons (Fsp3) is 0.190. The Morgan fingerprint density at radius 2 is 1.88 bits per heavy atom. The number of aromatic nitrogens is 2. The third-order valence-corrected chi connectivity index (χ3v) is 4.54. The van der Waals surface area contributed by atoms with Gasteiger partial charge in [-0.25, -0.2) is 9.97 Å². The van der Waals surface area contributed by atoms with Crippen LogP contribution in [0.15, 0.2) is 54.6 Å². The Labute approximate surface area is 153 Å². The average molecular weight is 341 g/mol. The largest absolute Gasteiger partial charge is 0.352 e. The van der Waals surface area contributed by atoms with Crippen LogP contribution in [0.5, 0.6) is 0 Å². The van der Waals surface area contributed by atoms with Gasteiger partial charge in [0, 0.05) is 24.8 Å². The van der Waals surface area contributed by atoms with E-state index in [2.05, 4.69) is 50.5 Å². The van der Waals surface area contributed by atoms with E-state index in [1.54, 1.807) is 6.07 Å². The molecule has 1 N–H and O–H groups in total. The maximum atomic E-state index is 9.06. The van der Waals surface area contributed by atoms with Crippen molar-refractivity contribution in [1.82, 2.24) is 9.97 Å².